The van der Waals surface area contributed by atoms with Crippen LogP contribution in [0.4, 0.5) is 5.69 Å². The van der Waals surface area contributed by atoms with E-state index in [0.29, 0.717) is 22.8 Å². The fraction of sp³-hybridized carbons (Fsp3) is 0.160. The van der Waals surface area contributed by atoms with Crippen molar-refractivity contribution in [2.45, 2.75) is 0 Å². The Bertz CT molecular complexity index is 1300. The van der Waals surface area contributed by atoms with Gasteiger partial charge in [-0.05, 0) is 35.9 Å². The zero-order chi connectivity index (χ0) is 26.8. The van der Waals surface area contributed by atoms with Gasteiger partial charge in [-0.1, -0.05) is 24.3 Å². The van der Waals surface area contributed by atoms with Gasteiger partial charge in [0, 0.05) is 6.07 Å². The Balaban J connectivity index is 1.61. The molecule has 1 amide bonds. The maximum atomic E-state index is 12.7. The lowest BCUT2D eigenvalue weighted by Crippen LogP contribution is -2.24. The molecule has 0 saturated carbocycles. The number of hydrazone groups is 1. The fourth-order valence-corrected chi connectivity index (χ4v) is 3.11. The molecule has 37 heavy (non-hydrogen) atoms. The monoisotopic (exact) mass is 509 g/mol. The predicted octanol–water partition coefficient (Wildman–Crippen LogP) is 3.37. The van der Waals surface area contributed by atoms with E-state index < -0.39 is 23.4 Å². The summed E-state index contributed by atoms with van der Waals surface area (Å²) in [5.74, 6) is -0.142. The molecule has 0 radical (unpaired) electrons. The summed E-state index contributed by atoms with van der Waals surface area (Å²) < 4.78 is 26.4. The molecule has 3 aromatic rings. The first-order chi connectivity index (χ1) is 17.9. The van der Waals surface area contributed by atoms with E-state index in [1.165, 1.54) is 63.9 Å². The van der Waals surface area contributed by atoms with Crippen LogP contribution in [0.1, 0.15) is 15.9 Å². The number of benzene rings is 3. The number of methoxy groups -OCH3 is 3. The van der Waals surface area contributed by atoms with Crippen molar-refractivity contribution in [1.29, 1.82) is 0 Å². The van der Waals surface area contributed by atoms with E-state index in [4.69, 9.17) is 23.7 Å². The van der Waals surface area contributed by atoms with Crippen molar-refractivity contribution in [2.24, 2.45) is 5.10 Å². The standard InChI is InChI=1S/C25H23N3O9/c1-33-21-12-17(13-22(34-2)24(21)35-3)25(30)37-18-8-6-7-16(11-18)14-26-27-23(29)15-36-20-10-5-4-9-19(20)28(31)32/h4-14H,15H2,1-3H3,(H,27,29)/b26-14-. The van der Waals surface area contributed by atoms with Crippen molar-refractivity contribution in [3.8, 4) is 28.7 Å². The van der Waals surface area contributed by atoms with Gasteiger partial charge in [-0.3, -0.25) is 14.9 Å². The zero-order valence-corrected chi connectivity index (χ0v) is 20.1. The summed E-state index contributed by atoms with van der Waals surface area (Å²) in [6.07, 6.45) is 1.33. The second-order valence-corrected chi connectivity index (χ2v) is 7.18. The number of hydrogen-bond donors (Lipinski definition) is 1. The molecular weight excluding hydrogens is 486 g/mol. The number of hydrogen-bond acceptors (Lipinski definition) is 10. The summed E-state index contributed by atoms with van der Waals surface area (Å²) >= 11 is 0. The van der Waals surface area contributed by atoms with Crippen LogP contribution in [0.2, 0.25) is 0 Å². The Kier molecular flexibility index (Phi) is 8.97. The molecule has 3 rings (SSSR count). The molecule has 0 saturated heterocycles. The van der Waals surface area contributed by atoms with Gasteiger partial charge in [0.05, 0.1) is 38.0 Å². The van der Waals surface area contributed by atoms with Crippen LogP contribution in [-0.4, -0.2) is 51.0 Å². The summed E-state index contributed by atoms with van der Waals surface area (Å²) in [7, 11) is 4.33. The van der Waals surface area contributed by atoms with Gasteiger partial charge in [0.25, 0.3) is 5.91 Å². The van der Waals surface area contributed by atoms with E-state index in [9.17, 15) is 19.7 Å². The minimum Gasteiger partial charge on any atom is -0.493 e. The van der Waals surface area contributed by atoms with Gasteiger partial charge in [-0.25, -0.2) is 10.2 Å². The molecule has 192 valence electrons. The summed E-state index contributed by atoms with van der Waals surface area (Å²) in [6.45, 7) is -0.478. The number of nitro benzene ring substituents is 1. The lowest BCUT2D eigenvalue weighted by molar-refractivity contribution is -0.385. The van der Waals surface area contributed by atoms with E-state index in [1.54, 1.807) is 24.3 Å². The second kappa shape index (κ2) is 12.5. The van der Waals surface area contributed by atoms with Gasteiger partial charge in [-0.2, -0.15) is 5.10 Å². The number of para-hydroxylation sites is 2. The van der Waals surface area contributed by atoms with Crippen molar-refractivity contribution in [2.75, 3.05) is 27.9 Å². The first kappa shape index (κ1) is 26.5. The second-order valence-electron chi connectivity index (χ2n) is 7.18. The van der Waals surface area contributed by atoms with Crippen LogP contribution in [0, 0.1) is 10.1 Å². The van der Waals surface area contributed by atoms with Gasteiger partial charge in [0.2, 0.25) is 5.75 Å². The molecule has 0 aliphatic heterocycles. The maximum absolute atomic E-state index is 12.7. The normalized spacial score (nSPS) is 10.5. The number of nitrogens with zero attached hydrogens (tertiary/aromatic N) is 2. The molecule has 0 aliphatic rings. The van der Waals surface area contributed by atoms with Crippen molar-refractivity contribution in [3.63, 3.8) is 0 Å². The average Bonchev–Trinajstić information content (AvgIpc) is 2.91. The first-order valence-corrected chi connectivity index (χ1v) is 10.7. The lowest BCUT2D eigenvalue weighted by atomic mass is 10.1. The Hall–Kier alpha value is -5.13. The van der Waals surface area contributed by atoms with E-state index in [0.717, 1.165) is 0 Å². The number of ether oxygens (including phenoxy) is 5. The number of amides is 1. The zero-order valence-electron chi connectivity index (χ0n) is 20.1. The molecule has 0 aliphatic carbocycles. The smallest absolute Gasteiger partial charge is 0.343 e. The highest BCUT2D eigenvalue weighted by atomic mass is 16.6. The third-order valence-corrected chi connectivity index (χ3v) is 4.79. The lowest BCUT2D eigenvalue weighted by Gasteiger charge is -2.13. The molecule has 0 heterocycles. The number of rotatable bonds is 11. The van der Waals surface area contributed by atoms with Crippen molar-refractivity contribution < 1.29 is 38.2 Å². The van der Waals surface area contributed by atoms with Crippen LogP contribution in [0.5, 0.6) is 28.7 Å². The Labute approximate surface area is 211 Å². The summed E-state index contributed by atoms with van der Waals surface area (Å²) in [6, 6.07) is 15.1. The molecule has 1 N–H and O–H groups in total. The number of carbonyl (C=O) groups excluding carboxylic acids is 2. The third-order valence-electron chi connectivity index (χ3n) is 4.79. The van der Waals surface area contributed by atoms with E-state index >= 15 is 0 Å². The van der Waals surface area contributed by atoms with Crippen molar-refractivity contribution in [3.05, 3.63) is 81.9 Å². The number of esters is 1. The largest absolute Gasteiger partial charge is 0.493 e. The van der Waals surface area contributed by atoms with Gasteiger partial charge in [0.1, 0.15) is 5.75 Å². The van der Waals surface area contributed by atoms with Crippen LogP contribution in [0.15, 0.2) is 65.8 Å². The molecule has 0 fully saturated rings. The van der Waals surface area contributed by atoms with E-state index in [1.807, 2.05) is 0 Å². The molecule has 0 aromatic heterocycles. The first-order valence-electron chi connectivity index (χ1n) is 10.7. The van der Waals surface area contributed by atoms with Crippen molar-refractivity contribution in [1.82, 2.24) is 5.43 Å². The third kappa shape index (κ3) is 6.94. The van der Waals surface area contributed by atoms with Crippen LogP contribution < -0.4 is 29.1 Å². The molecule has 0 atom stereocenters. The van der Waals surface area contributed by atoms with Crippen LogP contribution in [0.3, 0.4) is 0 Å². The Morgan fingerprint density at radius 3 is 2.30 bits per heavy atom. The van der Waals surface area contributed by atoms with Crippen molar-refractivity contribution >= 4 is 23.8 Å². The number of nitrogens with one attached hydrogen (secondary N) is 1. The van der Waals surface area contributed by atoms with Gasteiger partial charge in [-0.15, -0.1) is 0 Å². The van der Waals surface area contributed by atoms with Gasteiger partial charge in [0.15, 0.2) is 23.9 Å². The minimum atomic E-state index is -0.659. The predicted molar refractivity (Wildman–Crippen MR) is 132 cm³/mol. The summed E-state index contributed by atoms with van der Waals surface area (Å²) in [5.41, 5.74) is 2.71. The maximum Gasteiger partial charge on any atom is 0.343 e. The van der Waals surface area contributed by atoms with Crippen LogP contribution in [-0.2, 0) is 4.79 Å². The Morgan fingerprint density at radius 1 is 0.946 bits per heavy atom. The van der Waals surface area contributed by atoms with Gasteiger partial charge < -0.3 is 23.7 Å². The quantitative estimate of drug-likeness (QED) is 0.135. The molecule has 12 heteroatoms. The van der Waals surface area contributed by atoms with E-state index in [2.05, 4.69) is 10.5 Å². The number of nitro groups is 1. The molecule has 0 unspecified atom stereocenters. The van der Waals surface area contributed by atoms with Crippen LogP contribution in [0.25, 0.3) is 0 Å². The summed E-state index contributed by atoms with van der Waals surface area (Å²) in [4.78, 5) is 35.1. The highest BCUT2D eigenvalue weighted by Crippen LogP contribution is 2.38. The van der Waals surface area contributed by atoms with Gasteiger partial charge >= 0.3 is 11.7 Å². The Morgan fingerprint density at radius 2 is 1.65 bits per heavy atom. The SMILES string of the molecule is COc1cc(C(=O)Oc2cccc(/C=N\NC(=O)COc3ccccc3[N+](=O)[O-])c2)cc(OC)c1OC. The molecular formula is C25H23N3O9. The fourth-order valence-electron chi connectivity index (χ4n) is 3.11. The molecule has 0 bridgehead atoms. The van der Waals surface area contributed by atoms with Crippen LogP contribution >= 0.6 is 0 Å². The molecule has 12 nitrogen and oxygen atoms in total. The summed E-state index contributed by atoms with van der Waals surface area (Å²) in [5, 5.41) is 14.8. The minimum absolute atomic E-state index is 0.0340. The van der Waals surface area contributed by atoms with E-state index in [-0.39, 0.29) is 22.7 Å². The molecule has 3 aromatic carbocycles. The average molecular weight is 509 g/mol. The number of carbonyl (C=O) groups is 2. The topological polar surface area (TPSA) is 148 Å². The highest BCUT2D eigenvalue weighted by molar-refractivity contribution is 5.93. The highest BCUT2D eigenvalue weighted by Gasteiger charge is 2.18. The molecule has 0 spiro atoms.